The zero-order chi connectivity index (χ0) is 12.8. The van der Waals surface area contributed by atoms with Crippen molar-refractivity contribution in [2.45, 2.75) is 13.8 Å². The zero-order valence-electron chi connectivity index (χ0n) is 10.3. The molecule has 0 saturated heterocycles. The first-order valence-corrected chi connectivity index (χ1v) is 6.68. The van der Waals surface area contributed by atoms with Gasteiger partial charge in [-0.3, -0.25) is 0 Å². The van der Waals surface area contributed by atoms with Crippen LogP contribution < -0.4 is 15.4 Å². The lowest BCUT2D eigenvalue weighted by atomic mass is 10.5. The number of nitrogens with zero attached hydrogens (tertiary/aromatic N) is 3. The topological polar surface area (TPSA) is 72.0 Å². The predicted octanol–water partition coefficient (Wildman–Crippen LogP) is 2.51. The fraction of sp³-hybridized carbons (Fsp3) is 0.364. The van der Waals surface area contributed by atoms with Gasteiger partial charge >= 0.3 is 6.01 Å². The van der Waals surface area contributed by atoms with E-state index in [0.29, 0.717) is 24.5 Å². The van der Waals surface area contributed by atoms with E-state index in [4.69, 9.17) is 4.74 Å². The largest absolute Gasteiger partial charge is 0.464 e. The standard InChI is InChI=1S/C11H15N5OS/c1-3-12-9-14-10(13-8-5-6-18-7-8)16-11(15-9)17-4-2/h5-7H,3-4H2,1-2H3,(H2,12,13,14,15,16). The Morgan fingerprint density at radius 2 is 2.06 bits per heavy atom. The van der Waals surface area contributed by atoms with Crippen molar-refractivity contribution in [1.82, 2.24) is 15.0 Å². The van der Waals surface area contributed by atoms with Crippen LogP contribution in [0.2, 0.25) is 0 Å². The van der Waals surface area contributed by atoms with Gasteiger partial charge in [-0.1, -0.05) is 0 Å². The maximum absolute atomic E-state index is 5.31. The first-order chi connectivity index (χ1) is 8.81. The van der Waals surface area contributed by atoms with Gasteiger partial charge in [-0.25, -0.2) is 0 Å². The van der Waals surface area contributed by atoms with Gasteiger partial charge in [0.15, 0.2) is 0 Å². The van der Waals surface area contributed by atoms with Gasteiger partial charge in [0.1, 0.15) is 0 Å². The van der Waals surface area contributed by atoms with E-state index < -0.39 is 0 Å². The van der Waals surface area contributed by atoms with Crippen molar-refractivity contribution in [3.63, 3.8) is 0 Å². The minimum Gasteiger partial charge on any atom is -0.464 e. The molecule has 7 heteroatoms. The third kappa shape index (κ3) is 3.30. The minimum atomic E-state index is 0.321. The summed E-state index contributed by atoms with van der Waals surface area (Å²) in [7, 11) is 0. The normalized spacial score (nSPS) is 10.1. The van der Waals surface area contributed by atoms with Crippen molar-refractivity contribution in [2.24, 2.45) is 0 Å². The Morgan fingerprint density at radius 3 is 2.72 bits per heavy atom. The van der Waals surface area contributed by atoms with Crippen molar-refractivity contribution >= 4 is 28.9 Å². The molecule has 0 aromatic carbocycles. The van der Waals surface area contributed by atoms with Crippen LogP contribution in [0.15, 0.2) is 16.8 Å². The molecule has 2 rings (SSSR count). The molecule has 2 heterocycles. The van der Waals surface area contributed by atoms with E-state index in [-0.39, 0.29) is 0 Å². The van der Waals surface area contributed by atoms with Gasteiger partial charge < -0.3 is 15.4 Å². The van der Waals surface area contributed by atoms with Gasteiger partial charge in [-0.05, 0) is 25.3 Å². The summed E-state index contributed by atoms with van der Waals surface area (Å²) in [6.45, 7) is 5.14. The molecule has 0 bridgehead atoms. The van der Waals surface area contributed by atoms with Gasteiger partial charge in [0.2, 0.25) is 11.9 Å². The van der Waals surface area contributed by atoms with E-state index in [1.165, 1.54) is 0 Å². The van der Waals surface area contributed by atoms with Crippen LogP contribution in [0.1, 0.15) is 13.8 Å². The fourth-order valence-corrected chi connectivity index (χ4v) is 1.90. The molecule has 0 amide bonds. The Labute approximate surface area is 109 Å². The first-order valence-electron chi connectivity index (χ1n) is 5.73. The number of anilines is 3. The lowest BCUT2D eigenvalue weighted by Crippen LogP contribution is -2.08. The van der Waals surface area contributed by atoms with E-state index in [1.54, 1.807) is 11.3 Å². The van der Waals surface area contributed by atoms with Crippen LogP contribution in [0, 0.1) is 0 Å². The maximum Gasteiger partial charge on any atom is 0.323 e. The van der Waals surface area contributed by atoms with Crippen molar-refractivity contribution < 1.29 is 4.74 Å². The molecule has 0 aliphatic carbocycles. The Morgan fingerprint density at radius 1 is 1.22 bits per heavy atom. The number of thiophene rings is 1. The molecule has 96 valence electrons. The number of rotatable bonds is 6. The van der Waals surface area contributed by atoms with Crippen molar-refractivity contribution in [3.8, 4) is 6.01 Å². The lowest BCUT2D eigenvalue weighted by Gasteiger charge is -2.08. The zero-order valence-corrected chi connectivity index (χ0v) is 11.1. The predicted molar refractivity (Wildman–Crippen MR) is 72.8 cm³/mol. The summed E-state index contributed by atoms with van der Waals surface area (Å²) in [5, 5.41) is 10.1. The third-order valence-corrected chi connectivity index (χ3v) is 2.68. The van der Waals surface area contributed by atoms with Gasteiger partial charge in [0.25, 0.3) is 0 Å². The third-order valence-electron chi connectivity index (χ3n) is 2.00. The molecule has 18 heavy (non-hydrogen) atoms. The van der Waals surface area contributed by atoms with Crippen molar-refractivity contribution in [2.75, 3.05) is 23.8 Å². The molecule has 0 spiro atoms. The van der Waals surface area contributed by atoms with Gasteiger partial charge in [-0.15, -0.1) is 0 Å². The Bertz CT molecular complexity index is 464. The number of aromatic nitrogens is 3. The summed E-state index contributed by atoms with van der Waals surface area (Å²) in [5.74, 6) is 0.983. The summed E-state index contributed by atoms with van der Waals surface area (Å²) in [6, 6.07) is 2.28. The Kier molecular flexibility index (Phi) is 4.30. The molecule has 2 N–H and O–H groups in total. The number of hydrogen-bond donors (Lipinski definition) is 2. The van der Waals surface area contributed by atoms with E-state index >= 15 is 0 Å². The number of nitrogens with one attached hydrogen (secondary N) is 2. The second kappa shape index (κ2) is 6.15. The van der Waals surface area contributed by atoms with E-state index in [2.05, 4.69) is 25.6 Å². The molecule has 0 aliphatic heterocycles. The average molecular weight is 265 g/mol. The molecular weight excluding hydrogens is 250 g/mol. The molecule has 0 aliphatic rings. The first kappa shape index (κ1) is 12.6. The molecule has 2 aromatic rings. The van der Waals surface area contributed by atoms with Crippen LogP contribution in [-0.2, 0) is 0 Å². The van der Waals surface area contributed by atoms with Crippen LogP contribution in [0.5, 0.6) is 6.01 Å². The highest BCUT2D eigenvalue weighted by Gasteiger charge is 2.07. The minimum absolute atomic E-state index is 0.321. The Hall–Kier alpha value is -1.89. The molecule has 6 nitrogen and oxygen atoms in total. The van der Waals surface area contributed by atoms with E-state index in [9.17, 15) is 0 Å². The van der Waals surface area contributed by atoms with Gasteiger partial charge in [-0.2, -0.15) is 26.3 Å². The van der Waals surface area contributed by atoms with Crippen LogP contribution in [0.4, 0.5) is 17.6 Å². The second-order valence-electron chi connectivity index (χ2n) is 3.37. The van der Waals surface area contributed by atoms with E-state index in [0.717, 1.165) is 12.2 Å². The molecule has 0 fully saturated rings. The van der Waals surface area contributed by atoms with Crippen molar-refractivity contribution in [3.05, 3.63) is 16.8 Å². The fourth-order valence-electron chi connectivity index (χ4n) is 1.31. The summed E-state index contributed by atoms with van der Waals surface area (Å²) < 4.78 is 5.31. The SMILES string of the molecule is CCNc1nc(Nc2ccsc2)nc(OCC)n1. The quantitative estimate of drug-likeness (QED) is 0.836. The highest BCUT2D eigenvalue weighted by atomic mass is 32.1. The van der Waals surface area contributed by atoms with Crippen LogP contribution >= 0.6 is 11.3 Å². The highest BCUT2D eigenvalue weighted by Crippen LogP contribution is 2.18. The number of hydrogen-bond acceptors (Lipinski definition) is 7. The highest BCUT2D eigenvalue weighted by molar-refractivity contribution is 7.08. The summed E-state index contributed by atoms with van der Waals surface area (Å²) in [5.41, 5.74) is 0.955. The molecule has 0 radical (unpaired) electrons. The molecule has 2 aromatic heterocycles. The molecule has 0 atom stereocenters. The summed E-state index contributed by atoms with van der Waals surface area (Å²) in [6.07, 6.45) is 0. The average Bonchev–Trinajstić information content (AvgIpc) is 2.82. The van der Waals surface area contributed by atoms with E-state index in [1.807, 2.05) is 30.7 Å². The smallest absolute Gasteiger partial charge is 0.323 e. The Balaban J connectivity index is 2.21. The monoisotopic (exact) mass is 265 g/mol. The van der Waals surface area contributed by atoms with Crippen molar-refractivity contribution in [1.29, 1.82) is 0 Å². The molecule has 0 saturated carbocycles. The summed E-state index contributed by atoms with van der Waals surface area (Å²) in [4.78, 5) is 12.6. The number of ether oxygens (including phenoxy) is 1. The van der Waals surface area contributed by atoms with Crippen LogP contribution in [0.25, 0.3) is 0 Å². The maximum atomic E-state index is 5.31. The molecule has 0 unspecified atom stereocenters. The van der Waals surface area contributed by atoms with Gasteiger partial charge in [0, 0.05) is 11.9 Å². The molecular formula is C11H15N5OS. The summed E-state index contributed by atoms with van der Waals surface area (Å²) >= 11 is 1.61. The lowest BCUT2D eigenvalue weighted by molar-refractivity contribution is 0.312. The van der Waals surface area contributed by atoms with Gasteiger partial charge in [0.05, 0.1) is 12.3 Å². The second-order valence-corrected chi connectivity index (χ2v) is 4.15. The van der Waals surface area contributed by atoms with Crippen LogP contribution in [0.3, 0.4) is 0 Å². The van der Waals surface area contributed by atoms with Crippen LogP contribution in [-0.4, -0.2) is 28.1 Å².